The van der Waals surface area contributed by atoms with E-state index in [2.05, 4.69) is 0 Å². The predicted molar refractivity (Wildman–Crippen MR) is 63.2 cm³/mol. The molecule has 0 aliphatic carbocycles. The zero-order chi connectivity index (χ0) is 13.3. The molecule has 18 heavy (non-hydrogen) atoms. The topological polar surface area (TPSA) is 43.1 Å². The molecule has 0 saturated carbocycles. The zero-order valence-electron chi connectivity index (χ0n) is 9.48. The maximum absolute atomic E-state index is 13.7. The number of nitro groups is 1. The minimum absolute atomic E-state index is 0.0289. The van der Waals surface area contributed by atoms with Crippen LogP contribution in [0.15, 0.2) is 36.4 Å². The summed E-state index contributed by atoms with van der Waals surface area (Å²) in [5.41, 5.74) is 0.397. The minimum Gasteiger partial charge on any atom is -0.258 e. The Morgan fingerprint density at radius 2 is 1.78 bits per heavy atom. The van der Waals surface area contributed by atoms with Crippen molar-refractivity contribution in [2.45, 2.75) is 6.92 Å². The molecule has 5 heteroatoms. The Labute approximate surface area is 102 Å². The van der Waals surface area contributed by atoms with Crippen LogP contribution in [0.1, 0.15) is 5.56 Å². The monoisotopic (exact) mass is 249 g/mol. The highest BCUT2D eigenvalue weighted by atomic mass is 19.1. The quantitative estimate of drug-likeness (QED) is 0.599. The molecule has 2 rings (SSSR count). The van der Waals surface area contributed by atoms with E-state index in [0.29, 0.717) is 0 Å². The first-order chi connectivity index (χ1) is 8.49. The van der Waals surface area contributed by atoms with Gasteiger partial charge in [0.25, 0.3) is 5.69 Å². The van der Waals surface area contributed by atoms with Crippen LogP contribution in [0.3, 0.4) is 0 Å². The van der Waals surface area contributed by atoms with Crippen molar-refractivity contribution in [2.75, 3.05) is 0 Å². The summed E-state index contributed by atoms with van der Waals surface area (Å²) in [4.78, 5) is 10.2. The number of halogens is 2. The van der Waals surface area contributed by atoms with Gasteiger partial charge in [-0.2, -0.15) is 0 Å². The number of hydrogen-bond acceptors (Lipinski definition) is 2. The normalized spacial score (nSPS) is 10.4. The van der Waals surface area contributed by atoms with Crippen LogP contribution in [-0.4, -0.2) is 4.92 Å². The highest BCUT2D eigenvalue weighted by molar-refractivity contribution is 5.74. The fourth-order valence-electron chi connectivity index (χ4n) is 1.73. The Kier molecular flexibility index (Phi) is 3.06. The second-order valence-electron chi connectivity index (χ2n) is 3.90. The van der Waals surface area contributed by atoms with E-state index in [1.165, 1.54) is 12.1 Å². The molecule has 0 unspecified atom stereocenters. The molecule has 0 atom stereocenters. The SMILES string of the molecule is Cc1ccc(F)c(-c2cc(F)ccc2[N+](=O)[O-])c1. The Balaban J connectivity index is 2.73. The van der Waals surface area contributed by atoms with E-state index >= 15 is 0 Å². The molecule has 0 saturated heterocycles. The molecule has 0 bridgehead atoms. The lowest BCUT2D eigenvalue weighted by molar-refractivity contribution is -0.384. The van der Waals surface area contributed by atoms with Gasteiger partial charge in [-0.15, -0.1) is 0 Å². The fraction of sp³-hybridized carbons (Fsp3) is 0.0769. The van der Waals surface area contributed by atoms with Gasteiger partial charge in [-0.05, 0) is 31.2 Å². The third kappa shape index (κ3) is 2.20. The molecule has 0 radical (unpaired) electrons. The summed E-state index contributed by atoms with van der Waals surface area (Å²) in [6.45, 7) is 1.73. The molecule has 92 valence electrons. The summed E-state index contributed by atoms with van der Waals surface area (Å²) >= 11 is 0. The summed E-state index contributed by atoms with van der Waals surface area (Å²) in [6.07, 6.45) is 0. The van der Waals surface area contributed by atoms with E-state index in [-0.39, 0.29) is 16.8 Å². The average Bonchev–Trinajstić information content (AvgIpc) is 2.31. The second-order valence-corrected chi connectivity index (χ2v) is 3.90. The Morgan fingerprint density at radius 3 is 2.44 bits per heavy atom. The van der Waals surface area contributed by atoms with Gasteiger partial charge in [0.1, 0.15) is 11.6 Å². The van der Waals surface area contributed by atoms with Gasteiger partial charge in [0.15, 0.2) is 0 Å². The van der Waals surface area contributed by atoms with Crippen LogP contribution in [0.2, 0.25) is 0 Å². The molecule has 2 aromatic rings. The Morgan fingerprint density at radius 1 is 1.06 bits per heavy atom. The summed E-state index contributed by atoms with van der Waals surface area (Å²) in [5, 5.41) is 10.9. The van der Waals surface area contributed by atoms with Crippen molar-refractivity contribution in [3.63, 3.8) is 0 Å². The van der Waals surface area contributed by atoms with Gasteiger partial charge in [0, 0.05) is 11.6 Å². The predicted octanol–water partition coefficient (Wildman–Crippen LogP) is 3.85. The molecule has 0 aliphatic heterocycles. The molecule has 0 spiro atoms. The maximum atomic E-state index is 13.7. The first kappa shape index (κ1) is 12.2. The lowest BCUT2D eigenvalue weighted by Crippen LogP contribution is -1.95. The smallest absolute Gasteiger partial charge is 0.258 e. The first-order valence-electron chi connectivity index (χ1n) is 5.19. The van der Waals surface area contributed by atoms with Gasteiger partial charge in [-0.25, -0.2) is 8.78 Å². The molecule has 0 N–H and O–H groups in total. The van der Waals surface area contributed by atoms with Gasteiger partial charge in [0.2, 0.25) is 0 Å². The second kappa shape index (κ2) is 4.52. The summed E-state index contributed by atoms with van der Waals surface area (Å²) < 4.78 is 26.9. The molecule has 3 nitrogen and oxygen atoms in total. The van der Waals surface area contributed by atoms with E-state index in [1.54, 1.807) is 13.0 Å². The number of rotatable bonds is 2. The number of nitrogens with zero attached hydrogens (tertiary/aromatic N) is 1. The number of nitro benzene ring substituents is 1. The van der Waals surface area contributed by atoms with Gasteiger partial charge in [0.05, 0.1) is 10.5 Å². The first-order valence-corrected chi connectivity index (χ1v) is 5.19. The van der Waals surface area contributed by atoms with Crippen molar-refractivity contribution in [3.8, 4) is 11.1 Å². The van der Waals surface area contributed by atoms with Crippen LogP contribution in [0, 0.1) is 28.7 Å². The van der Waals surface area contributed by atoms with E-state index in [9.17, 15) is 18.9 Å². The highest BCUT2D eigenvalue weighted by Gasteiger charge is 2.18. The molecule has 0 aromatic heterocycles. The fourth-order valence-corrected chi connectivity index (χ4v) is 1.73. The molecule has 0 aliphatic rings. The minimum atomic E-state index is -0.656. The molecule has 0 amide bonds. The summed E-state index contributed by atoms with van der Waals surface area (Å²) in [5.74, 6) is -1.26. The largest absolute Gasteiger partial charge is 0.277 e. The molecular weight excluding hydrogens is 240 g/mol. The van der Waals surface area contributed by atoms with Gasteiger partial charge in [-0.1, -0.05) is 11.6 Å². The van der Waals surface area contributed by atoms with Gasteiger partial charge >= 0.3 is 0 Å². The number of benzene rings is 2. The van der Waals surface area contributed by atoms with Gasteiger partial charge < -0.3 is 0 Å². The van der Waals surface area contributed by atoms with Crippen molar-refractivity contribution in [1.82, 2.24) is 0 Å². The Hall–Kier alpha value is -2.30. The van der Waals surface area contributed by atoms with E-state index in [1.807, 2.05) is 0 Å². The summed E-state index contributed by atoms with van der Waals surface area (Å²) in [7, 11) is 0. The van der Waals surface area contributed by atoms with Crippen molar-refractivity contribution in [3.05, 3.63) is 63.7 Å². The van der Waals surface area contributed by atoms with Crippen LogP contribution in [-0.2, 0) is 0 Å². The van der Waals surface area contributed by atoms with Gasteiger partial charge in [-0.3, -0.25) is 10.1 Å². The highest BCUT2D eigenvalue weighted by Crippen LogP contribution is 2.32. The molecule has 0 fully saturated rings. The van der Waals surface area contributed by atoms with Crippen LogP contribution in [0.25, 0.3) is 11.1 Å². The Bertz CT molecular complexity index is 626. The number of aryl methyl sites for hydroxylation is 1. The van der Waals surface area contributed by atoms with E-state index in [0.717, 1.165) is 23.8 Å². The number of hydrogen-bond donors (Lipinski definition) is 0. The maximum Gasteiger partial charge on any atom is 0.277 e. The molecule has 2 aromatic carbocycles. The average molecular weight is 249 g/mol. The third-order valence-corrected chi connectivity index (χ3v) is 2.57. The van der Waals surface area contributed by atoms with Crippen LogP contribution >= 0.6 is 0 Å². The zero-order valence-corrected chi connectivity index (χ0v) is 9.48. The van der Waals surface area contributed by atoms with Crippen LogP contribution in [0.4, 0.5) is 14.5 Å². The van der Waals surface area contributed by atoms with Crippen molar-refractivity contribution < 1.29 is 13.7 Å². The lowest BCUT2D eigenvalue weighted by Gasteiger charge is -2.06. The lowest BCUT2D eigenvalue weighted by atomic mass is 10.0. The van der Waals surface area contributed by atoms with Crippen molar-refractivity contribution in [1.29, 1.82) is 0 Å². The van der Waals surface area contributed by atoms with E-state index in [4.69, 9.17) is 0 Å². The molecule has 0 heterocycles. The van der Waals surface area contributed by atoms with E-state index < -0.39 is 16.6 Å². The third-order valence-electron chi connectivity index (χ3n) is 2.57. The van der Waals surface area contributed by atoms with Crippen LogP contribution < -0.4 is 0 Å². The summed E-state index contributed by atoms with van der Waals surface area (Å²) in [6, 6.07) is 7.19. The van der Waals surface area contributed by atoms with Crippen molar-refractivity contribution >= 4 is 5.69 Å². The standard InChI is InChI=1S/C13H9F2NO2/c1-8-2-4-12(15)10(6-8)11-7-9(14)3-5-13(11)16(17)18/h2-7H,1H3. The van der Waals surface area contributed by atoms with Crippen molar-refractivity contribution in [2.24, 2.45) is 0 Å². The molecular formula is C13H9F2NO2. The van der Waals surface area contributed by atoms with Crippen LogP contribution in [0.5, 0.6) is 0 Å².